The fourth-order valence-corrected chi connectivity index (χ4v) is 3.53. The molecular formula is C19H15N9O7. The topological polar surface area (TPSA) is 213 Å². The zero-order valence-electron chi connectivity index (χ0n) is 17.5. The van der Waals surface area contributed by atoms with Gasteiger partial charge in [-0.3, -0.25) is 30.6 Å². The summed E-state index contributed by atoms with van der Waals surface area (Å²) in [7, 11) is 0. The lowest BCUT2D eigenvalue weighted by Crippen LogP contribution is -2.48. The summed E-state index contributed by atoms with van der Waals surface area (Å²) in [4.78, 5) is 36.2. The van der Waals surface area contributed by atoms with E-state index in [1.54, 1.807) is 12.1 Å². The summed E-state index contributed by atoms with van der Waals surface area (Å²) in [6.07, 6.45) is 0. The van der Waals surface area contributed by atoms with Crippen molar-refractivity contribution in [2.75, 3.05) is 17.5 Å². The third-order valence-corrected chi connectivity index (χ3v) is 5.17. The second kappa shape index (κ2) is 8.58. The molecule has 178 valence electrons. The van der Waals surface area contributed by atoms with Crippen molar-refractivity contribution in [3.8, 4) is 11.5 Å². The van der Waals surface area contributed by atoms with E-state index in [1.165, 1.54) is 30.3 Å². The molecule has 3 heterocycles. The van der Waals surface area contributed by atoms with Crippen LogP contribution in [0.5, 0.6) is 11.5 Å². The first-order chi connectivity index (χ1) is 16.9. The van der Waals surface area contributed by atoms with Crippen LogP contribution in [-0.4, -0.2) is 39.9 Å². The molecule has 0 unspecified atom stereocenters. The lowest BCUT2D eigenvalue weighted by Gasteiger charge is -2.23. The highest BCUT2D eigenvalue weighted by Gasteiger charge is 2.42. The molecule has 2 atom stereocenters. The van der Waals surface area contributed by atoms with Crippen molar-refractivity contribution in [1.82, 2.24) is 21.2 Å². The van der Waals surface area contributed by atoms with Crippen LogP contribution in [0.25, 0.3) is 0 Å². The first-order valence-corrected chi connectivity index (χ1v) is 9.94. The molecule has 0 fully saturated rings. The SMILES string of the molecule is Nc1nonc1N1N=N[C@@H](C(=O)NNC(=O)c2ccc3c(c2)OCO3)[C@@H]1c1cccc([N+](=O)[O-])c1. The number of hydrazine groups is 1. The van der Waals surface area contributed by atoms with Crippen molar-refractivity contribution < 1.29 is 28.6 Å². The van der Waals surface area contributed by atoms with Gasteiger partial charge in [0, 0.05) is 17.7 Å². The predicted molar refractivity (Wildman–Crippen MR) is 114 cm³/mol. The Morgan fingerprint density at radius 1 is 1.11 bits per heavy atom. The van der Waals surface area contributed by atoms with Crippen molar-refractivity contribution in [2.45, 2.75) is 12.1 Å². The van der Waals surface area contributed by atoms with Gasteiger partial charge in [-0.2, -0.15) is 5.11 Å². The second-order valence-electron chi connectivity index (χ2n) is 7.28. The molecule has 35 heavy (non-hydrogen) atoms. The Labute approximate surface area is 194 Å². The molecule has 0 spiro atoms. The number of aromatic nitrogens is 2. The molecule has 16 nitrogen and oxygen atoms in total. The Bertz CT molecular complexity index is 1360. The number of amides is 2. The molecule has 2 aliphatic rings. The van der Waals surface area contributed by atoms with Gasteiger partial charge in [0.2, 0.25) is 18.4 Å². The van der Waals surface area contributed by atoms with E-state index in [0.29, 0.717) is 17.1 Å². The summed E-state index contributed by atoms with van der Waals surface area (Å²) in [5.41, 5.74) is 10.7. The van der Waals surface area contributed by atoms with Crippen LogP contribution in [0, 0.1) is 10.1 Å². The molecular weight excluding hydrogens is 466 g/mol. The normalized spacial score (nSPS) is 17.9. The monoisotopic (exact) mass is 481 g/mol. The number of hydrogen-bond acceptors (Lipinski definition) is 13. The number of anilines is 2. The highest BCUT2D eigenvalue weighted by molar-refractivity contribution is 5.96. The fourth-order valence-electron chi connectivity index (χ4n) is 3.53. The van der Waals surface area contributed by atoms with Gasteiger partial charge in [0.25, 0.3) is 17.5 Å². The van der Waals surface area contributed by atoms with Gasteiger partial charge in [0.15, 0.2) is 17.5 Å². The number of carbonyl (C=O) groups excluding carboxylic acids is 2. The van der Waals surface area contributed by atoms with Crippen LogP contribution < -0.4 is 31.1 Å². The number of rotatable bonds is 5. The van der Waals surface area contributed by atoms with Crippen LogP contribution >= 0.6 is 0 Å². The van der Waals surface area contributed by atoms with E-state index in [1.807, 2.05) is 0 Å². The van der Waals surface area contributed by atoms with Crippen LogP contribution in [0.2, 0.25) is 0 Å². The van der Waals surface area contributed by atoms with Gasteiger partial charge >= 0.3 is 0 Å². The number of ether oxygens (including phenoxy) is 2. The molecule has 2 amide bonds. The third-order valence-electron chi connectivity index (χ3n) is 5.17. The minimum absolute atomic E-state index is 0.0371. The van der Waals surface area contributed by atoms with E-state index in [2.05, 4.69) is 36.1 Å². The summed E-state index contributed by atoms with van der Waals surface area (Å²) in [5.74, 6) is -0.647. The van der Waals surface area contributed by atoms with Crippen molar-refractivity contribution in [3.05, 3.63) is 63.7 Å². The minimum atomic E-state index is -1.25. The van der Waals surface area contributed by atoms with E-state index in [9.17, 15) is 19.7 Å². The highest BCUT2D eigenvalue weighted by Crippen LogP contribution is 2.38. The van der Waals surface area contributed by atoms with E-state index in [4.69, 9.17) is 15.2 Å². The smallest absolute Gasteiger partial charge is 0.269 e. The minimum Gasteiger partial charge on any atom is -0.454 e. The van der Waals surface area contributed by atoms with E-state index < -0.39 is 28.8 Å². The fraction of sp³-hybridized carbons (Fsp3) is 0.158. The summed E-state index contributed by atoms with van der Waals surface area (Å²) in [5, 5.41) is 27.5. The molecule has 2 aliphatic heterocycles. The van der Waals surface area contributed by atoms with Crippen LogP contribution in [0.3, 0.4) is 0 Å². The van der Waals surface area contributed by atoms with Crippen molar-refractivity contribution in [2.24, 2.45) is 10.3 Å². The maximum absolute atomic E-state index is 13.0. The number of nitrogens with two attached hydrogens (primary N) is 1. The van der Waals surface area contributed by atoms with Crippen molar-refractivity contribution >= 4 is 29.1 Å². The summed E-state index contributed by atoms with van der Waals surface area (Å²) >= 11 is 0. The molecule has 0 bridgehead atoms. The number of nitro groups is 1. The average Bonchev–Trinajstić information content (AvgIpc) is 3.60. The first kappa shape index (κ1) is 21.6. The van der Waals surface area contributed by atoms with Crippen molar-refractivity contribution in [3.63, 3.8) is 0 Å². The zero-order chi connectivity index (χ0) is 24.5. The lowest BCUT2D eigenvalue weighted by molar-refractivity contribution is -0.384. The molecule has 16 heteroatoms. The Balaban J connectivity index is 1.37. The standard InChI is InChI=1S/C19H15N9O7/c20-16-17(25-35-24-16)27-15(9-2-1-3-11(6-9)28(31)32)14(21-26-27)19(30)23-22-18(29)10-4-5-12-13(7-10)34-8-33-12/h1-7,14-15H,8H2,(H2,20,24)(H,22,29)(H,23,30)/t14-,15+/m1/s1. The first-order valence-electron chi connectivity index (χ1n) is 9.94. The Kier molecular flexibility index (Phi) is 5.28. The highest BCUT2D eigenvalue weighted by atomic mass is 16.7. The number of hydrogen-bond donors (Lipinski definition) is 3. The number of benzene rings is 2. The summed E-state index contributed by atoms with van der Waals surface area (Å²) in [6, 6.07) is 7.84. The van der Waals surface area contributed by atoms with Gasteiger partial charge in [-0.25, -0.2) is 9.64 Å². The molecule has 5 rings (SSSR count). The van der Waals surface area contributed by atoms with Gasteiger partial charge in [-0.15, -0.1) is 0 Å². The van der Waals surface area contributed by atoms with E-state index >= 15 is 0 Å². The molecule has 0 radical (unpaired) electrons. The van der Waals surface area contributed by atoms with Crippen LogP contribution in [0.15, 0.2) is 57.4 Å². The Hall–Kier alpha value is -5.28. The van der Waals surface area contributed by atoms with Gasteiger partial charge in [0.05, 0.1) is 4.92 Å². The van der Waals surface area contributed by atoms with Gasteiger partial charge in [-0.1, -0.05) is 17.4 Å². The molecule has 0 saturated carbocycles. The predicted octanol–water partition coefficient (Wildman–Crippen LogP) is 1.05. The van der Waals surface area contributed by atoms with Crippen LogP contribution in [0.4, 0.5) is 17.3 Å². The number of carbonyl (C=O) groups is 2. The molecule has 0 aliphatic carbocycles. The average molecular weight is 481 g/mol. The maximum atomic E-state index is 13.0. The van der Waals surface area contributed by atoms with Gasteiger partial charge in [-0.05, 0) is 34.1 Å². The van der Waals surface area contributed by atoms with E-state index in [0.717, 1.165) is 5.01 Å². The Morgan fingerprint density at radius 3 is 2.71 bits per heavy atom. The Morgan fingerprint density at radius 2 is 1.94 bits per heavy atom. The molecule has 3 aromatic rings. The second-order valence-corrected chi connectivity index (χ2v) is 7.28. The number of nitrogens with one attached hydrogen (secondary N) is 2. The number of nitro benzene ring substituents is 1. The number of fused-ring (bicyclic) bond motifs is 1. The number of nitrogens with zero attached hydrogens (tertiary/aromatic N) is 6. The van der Waals surface area contributed by atoms with E-state index in [-0.39, 0.29) is 29.7 Å². The van der Waals surface area contributed by atoms with Gasteiger partial charge < -0.3 is 15.2 Å². The quantitative estimate of drug-likeness (QED) is 0.346. The number of nitrogen functional groups attached to an aromatic ring is 1. The lowest BCUT2D eigenvalue weighted by atomic mass is 9.98. The molecule has 0 saturated heterocycles. The maximum Gasteiger partial charge on any atom is 0.269 e. The molecule has 4 N–H and O–H groups in total. The van der Waals surface area contributed by atoms with Crippen molar-refractivity contribution in [1.29, 1.82) is 0 Å². The molecule has 1 aromatic heterocycles. The summed E-state index contributed by atoms with van der Waals surface area (Å²) in [6.45, 7) is 0.0465. The third kappa shape index (κ3) is 3.99. The molecule has 2 aromatic carbocycles. The summed E-state index contributed by atoms with van der Waals surface area (Å²) < 4.78 is 15.1. The zero-order valence-corrected chi connectivity index (χ0v) is 17.5. The largest absolute Gasteiger partial charge is 0.454 e. The van der Waals surface area contributed by atoms with Crippen LogP contribution in [-0.2, 0) is 4.79 Å². The van der Waals surface area contributed by atoms with Gasteiger partial charge in [0.1, 0.15) is 6.04 Å². The number of non-ortho nitro benzene ring substituents is 1. The van der Waals surface area contributed by atoms with Crippen LogP contribution in [0.1, 0.15) is 22.0 Å².